The smallest absolute Gasteiger partial charge is 0.263 e. The van der Waals surface area contributed by atoms with Gasteiger partial charge in [0.05, 0.1) is 33.6 Å². The van der Waals surface area contributed by atoms with Crippen molar-refractivity contribution in [2.24, 2.45) is 11.8 Å². The van der Waals surface area contributed by atoms with Crippen LogP contribution >= 0.6 is 47.0 Å². The van der Waals surface area contributed by atoms with Crippen LogP contribution in [0.2, 0.25) is 0 Å². The van der Waals surface area contributed by atoms with Crippen molar-refractivity contribution in [1.82, 2.24) is 9.80 Å². The number of anilines is 2. The molecule has 0 saturated carbocycles. The molecule has 0 radical (unpaired) electrons. The minimum Gasteiger partial charge on any atom is -0.369 e. The van der Waals surface area contributed by atoms with E-state index in [1.54, 1.807) is 0 Å². The lowest BCUT2D eigenvalue weighted by Gasteiger charge is -2.39. The Balaban J connectivity index is 2.11. The Morgan fingerprint density at radius 1 is 0.500 bits per heavy atom. The number of hydrogen-bond donors (Lipinski definition) is 0. The number of nitrogens with zero attached hydrogens (tertiary/aromatic N) is 4. The lowest BCUT2D eigenvalue weighted by molar-refractivity contribution is 0.0559. The number of unbranched alkanes of at least 4 members (excludes halogenated alkanes) is 2. The average Bonchev–Trinajstić information content (AvgIpc) is 3.23. The van der Waals surface area contributed by atoms with E-state index in [2.05, 4.69) is 65.2 Å². The molecule has 2 aliphatic heterocycles. The second-order valence-electron chi connectivity index (χ2n) is 15.4. The SMILES string of the molecule is CCCCC(CC)CN1C(=O)c2cc(N(CCSCC)CCSCC)c3c4c(cc(N(CCSCC)CCSCC)c(c24)C1=O)C(=O)N(CC(CC)CCCC)C3=O. The highest BCUT2D eigenvalue weighted by molar-refractivity contribution is 7.99. The van der Waals surface area contributed by atoms with Crippen molar-refractivity contribution in [1.29, 1.82) is 0 Å². The van der Waals surface area contributed by atoms with Gasteiger partial charge in [-0.25, -0.2) is 0 Å². The van der Waals surface area contributed by atoms with E-state index in [1.165, 1.54) is 9.80 Å². The highest BCUT2D eigenvalue weighted by atomic mass is 32.2. The van der Waals surface area contributed by atoms with Gasteiger partial charge in [0.1, 0.15) is 0 Å². The molecule has 2 aliphatic rings. The maximum atomic E-state index is 15.2. The van der Waals surface area contributed by atoms with Crippen molar-refractivity contribution in [3.63, 3.8) is 0 Å². The van der Waals surface area contributed by atoms with Gasteiger partial charge in [0, 0.05) is 73.1 Å². The molecule has 0 aliphatic carbocycles. The number of amides is 4. The predicted octanol–water partition coefficient (Wildman–Crippen LogP) is 11.1. The molecule has 0 aromatic heterocycles. The van der Waals surface area contributed by atoms with Crippen molar-refractivity contribution in [2.45, 2.75) is 107 Å². The number of carbonyl (C=O) groups excluding carboxylic acids is 4. The van der Waals surface area contributed by atoms with E-state index in [0.29, 0.717) is 72.3 Å². The minimum atomic E-state index is -0.309. The van der Waals surface area contributed by atoms with Gasteiger partial charge in [-0.3, -0.25) is 29.0 Å². The van der Waals surface area contributed by atoms with Crippen LogP contribution in [0.15, 0.2) is 12.1 Å². The molecule has 2 heterocycles. The van der Waals surface area contributed by atoms with E-state index >= 15 is 19.2 Å². The quantitative estimate of drug-likeness (QED) is 0.0559. The Labute approximate surface area is 367 Å². The number of hydrogen-bond acceptors (Lipinski definition) is 10. The fourth-order valence-corrected chi connectivity index (χ4v) is 10.8. The fourth-order valence-electron chi connectivity index (χ4n) is 8.29. The molecule has 0 fully saturated rings. The third kappa shape index (κ3) is 11.7. The van der Waals surface area contributed by atoms with Crippen LogP contribution in [0.25, 0.3) is 10.8 Å². The van der Waals surface area contributed by atoms with Crippen LogP contribution in [0.5, 0.6) is 0 Å². The van der Waals surface area contributed by atoms with Gasteiger partial charge >= 0.3 is 0 Å². The molecule has 324 valence electrons. The number of imide groups is 2. The summed E-state index contributed by atoms with van der Waals surface area (Å²) < 4.78 is 0. The summed E-state index contributed by atoms with van der Waals surface area (Å²) in [6, 6.07) is 3.89. The van der Waals surface area contributed by atoms with Crippen LogP contribution in [-0.2, 0) is 0 Å². The van der Waals surface area contributed by atoms with Crippen LogP contribution in [0.4, 0.5) is 11.4 Å². The van der Waals surface area contributed by atoms with E-state index in [4.69, 9.17) is 0 Å². The van der Waals surface area contributed by atoms with Gasteiger partial charge in [-0.15, -0.1) is 0 Å². The summed E-state index contributed by atoms with van der Waals surface area (Å²) in [6.07, 6.45) is 7.84. The summed E-state index contributed by atoms with van der Waals surface area (Å²) in [7, 11) is 0. The molecule has 4 rings (SSSR count). The Morgan fingerprint density at radius 3 is 1.10 bits per heavy atom. The molecule has 58 heavy (non-hydrogen) atoms. The molecule has 0 saturated heterocycles. The summed E-state index contributed by atoms with van der Waals surface area (Å²) in [5.41, 5.74) is 3.29. The molecular weight excluding hydrogens is 801 g/mol. The van der Waals surface area contributed by atoms with Gasteiger partial charge in [0.15, 0.2) is 0 Å². The Kier molecular flexibility index (Phi) is 21.0. The highest BCUT2D eigenvalue weighted by Crippen LogP contribution is 2.47. The van der Waals surface area contributed by atoms with Crippen molar-refractivity contribution in [3.8, 4) is 0 Å². The van der Waals surface area contributed by atoms with Crippen molar-refractivity contribution in [3.05, 3.63) is 34.4 Å². The van der Waals surface area contributed by atoms with Crippen molar-refractivity contribution < 1.29 is 19.2 Å². The Bertz CT molecular complexity index is 1550. The third-order valence-corrected chi connectivity index (χ3v) is 15.2. The zero-order valence-corrected chi connectivity index (χ0v) is 40.2. The predicted molar refractivity (Wildman–Crippen MR) is 258 cm³/mol. The molecule has 2 aromatic rings. The first kappa shape index (κ1) is 48.6. The van der Waals surface area contributed by atoms with Crippen LogP contribution < -0.4 is 9.80 Å². The van der Waals surface area contributed by atoms with Crippen LogP contribution in [0, 0.1) is 11.8 Å². The average molecular weight is 873 g/mol. The van der Waals surface area contributed by atoms with Crippen LogP contribution in [0.3, 0.4) is 0 Å². The first-order valence-corrected chi connectivity index (χ1v) is 27.0. The Hall–Kier alpha value is -2.02. The molecule has 2 atom stereocenters. The maximum Gasteiger partial charge on any atom is 0.263 e. The van der Waals surface area contributed by atoms with Gasteiger partial charge < -0.3 is 9.80 Å². The van der Waals surface area contributed by atoms with Crippen molar-refractivity contribution >= 4 is 92.8 Å². The highest BCUT2D eigenvalue weighted by Gasteiger charge is 2.44. The second-order valence-corrected chi connectivity index (χ2v) is 21.0. The van der Waals surface area contributed by atoms with E-state index in [1.807, 2.05) is 59.2 Å². The molecule has 0 spiro atoms. The van der Waals surface area contributed by atoms with Gasteiger partial charge in [0.25, 0.3) is 23.6 Å². The molecule has 8 nitrogen and oxygen atoms in total. The summed E-state index contributed by atoms with van der Waals surface area (Å²) >= 11 is 7.44. The molecule has 12 heteroatoms. The molecule has 2 aromatic carbocycles. The normalized spacial score (nSPS) is 14.9. The number of rotatable bonds is 30. The van der Waals surface area contributed by atoms with E-state index in [0.717, 1.165) is 109 Å². The lowest BCUT2D eigenvalue weighted by Crippen LogP contribution is -2.47. The molecule has 0 bridgehead atoms. The van der Waals surface area contributed by atoms with Gasteiger partial charge in [-0.05, 0) is 59.8 Å². The summed E-state index contributed by atoms with van der Waals surface area (Å²) in [4.78, 5) is 68.1. The third-order valence-electron chi connectivity index (χ3n) is 11.7. The van der Waals surface area contributed by atoms with Crippen molar-refractivity contribution in [2.75, 3.05) is 95.1 Å². The molecule has 2 unspecified atom stereocenters. The second kappa shape index (κ2) is 25.0. The van der Waals surface area contributed by atoms with Gasteiger partial charge in [0.2, 0.25) is 0 Å². The van der Waals surface area contributed by atoms with Crippen LogP contribution in [0.1, 0.15) is 148 Å². The summed E-state index contributed by atoms with van der Waals surface area (Å²) in [6.45, 7) is 20.8. The van der Waals surface area contributed by atoms with Crippen LogP contribution in [-0.4, -0.2) is 119 Å². The number of carbonyl (C=O) groups is 4. The first-order chi connectivity index (χ1) is 28.2. The molecular formula is C46H72N4O4S4. The maximum absolute atomic E-state index is 15.2. The Morgan fingerprint density at radius 2 is 0.828 bits per heavy atom. The minimum absolute atomic E-state index is 0.188. The van der Waals surface area contributed by atoms with Gasteiger partial charge in [-0.1, -0.05) is 93.9 Å². The molecule has 0 N–H and O–H groups in total. The standard InChI is InChI=1S/C46H72N4O4S4/c1-9-17-19-33(11-3)31-49-43(51)35-29-38(48(23-27-57-15-7)24-28-58-16-8)42-40-36(44(52)50(46(42)54)32-34(12-4)20-18-10-2)30-37(41(39(35)40)45(49)53)47(21-25-55-13-5)22-26-56-14-6/h29-30,33-34H,9-28,31-32H2,1-8H3. The topological polar surface area (TPSA) is 81.2 Å². The summed E-state index contributed by atoms with van der Waals surface area (Å²) in [5.74, 6) is 6.59. The molecule has 4 amide bonds. The lowest BCUT2D eigenvalue weighted by atomic mass is 9.82. The first-order valence-electron chi connectivity index (χ1n) is 22.4. The number of thioether (sulfide) groups is 4. The largest absolute Gasteiger partial charge is 0.369 e. The monoisotopic (exact) mass is 872 g/mol. The van der Waals surface area contributed by atoms with E-state index in [-0.39, 0.29) is 35.5 Å². The van der Waals surface area contributed by atoms with E-state index < -0.39 is 0 Å². The van der Waals surface area contributed by atoms with Gasteiger partial charge in [-0.2, -0.15) is 47.0 Å². The summed E-state index contributed by atoms with van der Waals surface area (Å²) in [5, 5.41) is 1.00. The zero-order chi connectivity index (χ0) is 42.2. The number of benzene rings is 2. The van der Waals surface area contributed by atoms with E-state index in [9.17, 15) is 0 Å². The fraction of sp³-hybridized carbons (Fsp3) is 0.696. The zero-order valence-electron chi connectivity index (χ0n) is 36.9.